The van der Waals surface area contributed by atoms with Crippen molar-refractivity contribution in [3.63, 3.8) is 0 Å². The van der Waals surface area contributed by atoms with E-state index in [2.05, 4.69) is 26.0 Å². The van der Waals surface area contributed by atoms with Crippen molar-refractivity contribution in [2.75, 3.05) is 13.7 Å². The van der Waals surface area contributed by atoms with Gasteiger partial charge < -0.3 is 4.74 Å². The van der Waals surface area contributed by atoms with Crippen LogP contribution in [0.1, 0.15) is 21.1 Å². The number of ketones is 1. The first-order valence-electron chi connectivity index (χ1n) is 5.30. The monoisotopic (exact) mass is 329 g/mol. The second kappa shape index (κ2) is 5.73. The zero-order valence-corrected chi connectivity index (χ0v) is 12.4. The fourth-order valence-corrected chi connectivity index (χ4v) is 2.78. The lowest BCUT2D eigenvalue weighted by atomic mass is 10.2. The first-order chi connectivity index (χ1) is 8.65. The molecule has 0 unspecified atom stereocenters. The van der Waals surface area contributed by atoms with E-state index in [0.717, 1.165) is 5.69 Å². The molecule has 0 saturated carbocycles. The number of aromatic nitrogens is 3. The molecule has 18 heavy (non-hydrogen) atoms. The largest absolute Gasteiger partial charge is 0.383 e. The minimum Gasteiger partial charge on any atom is -0.383 e. The van der Waals surface area contributed by atoms with Gasteiger partial charge in [-0.25, -0.2) is 4.98 Å². The molecule has 2 aromatic heterocycles. The van der Waals surface area contributed by atoms with Crippen molar-refractivity contribution < 1.29 is 9.53 Å². The van der Waals surface area contributed by atoms with Gasteiger partial charge in [0.25, 0.3) is 0 Å². The maximum atomic E-state index is 12.4. The number of rotatable bonds is 5. The summed E-state index contributed by atoms with van der Waals surface area (Å²) in [7, 11) is 1.62. The Morgan fingerprint density at radius 1 is 1.61 bits per heavy atom. The number of hydrogen-bond acceptors (Lipinski definition) is 5. The van der Waals surface area contributed by atoms with Gasteiger partial charge in [0.15, 0.2) is 0 Å². The highest BCUT2D eigenvalue weighted by molar-refractivity contribution is 9.10. The lowest BCUT2D eigenvalue weighted by molar-refractivity contribution is 0.102. The van der Waals surface area contributed by atoms with Crippen molar-refractivity contribution in [3.8, 4) is 0 Å². The molecule has 0 aliphatic heterocycles. The molecule has 2 aromatic rings. The Bertz CT molecular complexity index is 564. The Morgan fingerprint density at radius 2 is 2.39 bits per heavy atom. The van der Waals surface area contributed by atoms with Crippen LogP contribution in [-0.4, -0.2) is 34.3 Å². The molecule has 0 aromatic carbocycles. The smallest absolute Gasteiger partial charge is 0.223 e. The van der Waals surface area contributed by atoms with Crippen LogP contribution in [0.4, 0.5) is 0 Å². The standard InChI is InChI=1S/C11H12BrN3O2S/c1-7-11(18-6-13-7)10(16)9-8(12)5-14-15(9)3-4-17-2/h5-6H,3-4H2,1-2H3. The highest BCUT2D eigenvalue weighted by Gasteiger charge is 2.21. The summed E-state index contributed by atoms with van der Waals surface area (Å²) in [4.78, 5) is 17.2. The zero-order valence-electron chi connectivity index (χ0n) is 10.0. The van der Waals surface area contributed by atoms with Crippen molar-refractivity contribution in [2.45, 2.75) is 13.5 Å². The average molecular weight is 330 g/mol. The summed E-state index contributed by atoms with van der Waals surface area (Å²) >= 11 is 4.70. The fraction of sp³-hybridized carbons (Fsp3) is 0.364. The normalized spacial score (nSPS) is 10.8. The van der Waals surface area contributed by atoms with Gasteiger partial charge in [0, 0.05) is 7.11 Å². The van der Waals surface area contributed by atoms with Crippen LogP contribution in [0.5, 0.6) is 0 Å². The first kappa shape index (κ1) is 13.4. The third-order valence-electron chi connectivity index (χ3n) is 2.47. The topological polar surface area (TPSA) is 57.0 Å². The number of halogens is 1. The minimum absolute atomic E-state index is 0.0597. The van der Waals surface area contributed by atoms with Crippen molar-refractivity contribution in [3.05, 3.63) is 32.4 Å². The molecule has 5 nitrogen and oxygen atoms in total. The predicted molar refractivity (Wildman–Crippen MR) is 72.1 cm³/mol. The van der Waals surface area contributed by atoms with Crippen molar-refractivity contribution in [1.29, 1.82) is 0 Å². The quantitative estimate of drug-likeness (QED) is 0.790. The van der Waals surface area contributed by atoms with E-state index >= 15 is 0 Å². The number of carbonyl (C=O) groups excluding carboxylic acids is 1. The molecule has 0 spiro atoms. The molecule has 0 saturated heterocycles. The maximum absolute atomic E-state index is 12.4. The second-order valence-electron chi connectivity index (χ2n) is 3.65. The van der Waals surface area contributed by atoms with Crippen LogP contribution in [0.3, 0.4) is 0 Å². The van der Waals surface area contributed by atoms with E-state index in [9.17, 15) is 4.79 Å². The summed E-state index contributed by atoms with van der Waals surface area (Å²) in [5.74, 6) is -0.0597. The van der Waals surface area contributed by atoms with Gasteiger partial charge in [0.1, 0.15) is 5.69 Å². The van der Waals surface area contributed by atoms with Crippen molar-refractivity contribution >= 4 is 33.0 Å². The van der Waals surface area contributed by atoms with Crippen LogP contribution in [0, 0.1) is 6.92 Å². The third-order valence-corrected chi connectivity index (χ3v) is 3.98. The number of carbonyl (C=O) groups is 1. The molecule has 2 rings (SSSR count). The van der Waals surface area contributed by atoms with Gasteiger partial charge in [0.05, 0.1) is 39.9 Å². The van der Waals surface area contributed by atoms with Crippen LogP contribution in [0.25, 0.3) is 0 Å². The summed E-state index contributed by atoms with van der Waals surface area (Å²) in [5.41, 5.74) is 2.96. The molecule has 0 fully saturated rings. The number of nitrogens with zero attached hydrogens (tertiary/aromatic N) is 3. The van der Waals surface area contributed by atoms with Crippen LogP contribution < -0.4 is 0 Å². The summed E-state index contributed by atoms with van der Waals surface area (Å²) < 4.78 is 7.35. The van der Waals surface area contributed by atoms with Crippen molar-refractivity contribution in [1.82, 2.24) is 14.8 Å². The van der Waals surface area contributed by atoms with E-state index in [4.69, 9.17) is 4.74 Å². The van der Waals surface area contributed by atoms with Crippen molar-refractivity contribution in [2.24, 2.45) is 0 Å². The Morgan fingerprint density at radius 3 is 3.00 bits per heavy atom. The molecule has 7 heteroatoms. The predicted octanol–water partition coefficient (Wildman–Crippen LogP) is 2.29. The summed E-state index contributed by atoms with van der Waals surface area (Å²) in [6.07, 6.45) is 1.62. The molecular formula is C11H12BrN3O2S. The number of aryl methyl sites for hydroxylation is 1. The highest BCUT2D eigenvalue weighted by atomic mass is 79.9. The summed E-state index contributed by atoms with van der Waals surface area (Å²) in [5, 5.41) is 4.17. The Hall–Kier alpha value is -1.05. The highest BCUT2D eigenvalue weighted by Crippen LogP contribution is 2.23. The Labute approximate surface area is 117 Å². The molecule has 0 aliphatic rings. The molecule has 0 atom stereocenters. The first-order valence-corrected chi connectivity index (χ1v) is 6.97. The Kier molecular flexibility index (Phi) is 4.26. The SMILES string of the molecule is COCCn1ncc(Br)c1C(=O)c1scnc1C. The van der Waals surface area contributed by atoms with Crippen LogP contribution >= 0.6 is 27.3 Å². The summed E-state index contributed by atoms with van der Waals surface area (Å²) in [6.45, 7) is 2.88. The molecule has 0 bridgehead atoms. The van der Waals surface area contributed by atoms with Gasteiger partial charge in [-0.05, 0) is 22.9 Å². The second-order valence-corrected chi connectivity index (χ2v) is 5.36. The molecule has 2 heterocycles. The number of hydrogen-bond donors (Lipinski definition) is 0. The number of ether oxygens (including phenoxy) is 1. The molecule has 0 amide bonds. The van der Waals surface area contributed by atoms with Gasteiger partial charge in [0.2, 0.25) is 5.78 Å². The van der Waals surface area contributed by atoms with Gasteiger partial charge >= 0.3 is 0 Å². The molecule has 0 radical (unpaired) electrons. The molecule has 0 aliphatic carbocycles. The Balaban J connectivity index is 2.35. The van der Waals surface area contributed by atoms with Gasteiger partial charge in [-0.1, -0.05) is 0 Å². The number of thiazole rings is 1. The molecule has 96 valence electrons. The van der Waals surface area contributed by atoms with E-state index < -0.39 is 0 Å². The van der Waals surface area contributed by atoms with E-state index in [0.29, 0.717) is 28.2 Å². The maximum Gasteiger partial charge on any atom is 0.223 e. The van der Waals surface area contributed by atoms with E-state index in [1.165, 1.54) is 11.3 Å². The summed E-state index contributed by atoms with van der Waals surface area (Å²) in [6, 6.07) is 0. The van der Waals surface area contributed by atoms with Gasteiger partial charge in [-0.2, -0.15) is 5.10 Å². The third kappa shape index (κ3) is 2.52. The van der Waals surface area contributed by atoms with Crippen LogP contribution in [0.15, 0.2) is 16.2 Å². The molecule has 0 N–H and O–H groups in total. The molecular weight excluding hydrogens is 318 g/mol. The van der Waals surface area contributed by atoms with Crippen LogP contribution in [0.2, 0.25) is 0 Å². The lowest BCUT2D eigenvalue weighted by Crippen LogP contribution is -2.14. The van der Waals surface area contributed by atoms with Gasteiger partial charge in [-0.15, -0.1) is 11.3 Å². The minimum atomic E-state index is -0.0597. The van der Waals surface area contributed by atoms with Gasteiger partial charge in [-0.3, -0.25) is 9.48 Å². The zero-order chi connectivity index (χ0) is 13.1. The van der Waals surface area contributed by atoms with Crippen LogP contribution in [-0.2, 0) is 11.3 Å². The van der Waals surface area contributed by atoms with E-state index in [-0.39, 0.29) is 5.78 Å². The average Bonchev–Trinajstić information content (AvgIpc) is 2.92. The van der Waals surface area contributed by atoms with E-state index in [1.807, 2.05) is 6.92 Å². The lowest BCUT2D eigenvalue weighted by Gasteiger charge is -2.06. The van der Waals surface area contributed by atoms with E-state index in [1.54, 1.807) is 23.5 Å². The fourth-order valence-electron chi connectivity index (χ4n) is 1.56. The number of methoxy groups -OCH3 is 1.